The van der Waals surface area contributed by atoms with Gasteiger partial charge >= 0.3 is 17.9 Å². The molecule has 10 atom stereocenters. The molecule has 0 saturated carbocycles. The normalized spacial score (nSPS) is 32.8. The first-order valence-corrected chi connectivity index (χ1v) is 13.6. The summed E-state index contributed by atoms with van der Waals surface area (Å²) >= 11 is 0. The summed E-state index contributed by atoms with van der Waals surface area (Å²) in [6.45, 7) is 5.60. The number of aliphatic hydroxyl groups is 2. The van der Waals surface area contributed by atoms with Crippen LogP contribution in [0.1, 0.15) is 40.2 Å². The maximum Gasteiger partial charge on any atom is 0.303 e. The highest BCUT2D eigenvalue weighted by Crippen LogP contribution is 2.35. The van der Waals surface area contributed by atoms with E-state index < -0.39 is 91.6 Å². The van der Waals surface area contributed by atoms with Gasteiger partial charge in [-0.05, 0) is 5.56 Å². The number of aliphatic hydroxyl groups excluding tert-OH is 2. The standard InChI is InChI=1S/C28H39NO13/c1-14-24(38-17(4)33)21(13-36-16(3)32)41-28(25(14)39-18(5)34)42-26-22(29-15(2)31)27(40-20(11-30)23(26)35)37-12-19-9-7-6-8-10-19/h6-10,14,20-28,30,35H,11-13H2,1-5H3,(H,29,31)/t14-,20?,21?,22?,23+,24+,25?,26+,27+,28-/m0/s1. The fraction of sp³-hybridized carbons (Fsp3) is 0.643. The molecule has 3 rings (SSSR count). The van der Waals surface area contributed by atoms with E-state index in [1.54, 1.807) is 6.92 Å². The number of amides is 1. The molecule has 3 N–H and O–H groups in total. The number of carbonyl (C=O) groups excluding carboxylic acids is 4. The lowest BCUT2D eigenvalue weighted by molar-refractivity contribution is -0.341. The van der Waals surface area contributed by atoms with Crippen LogP contribution in [0.15, 0.2) is 30.3 Å². The largest absolute Gasteiger partial charge is 0.463 e. The van der Waals surface area contributed by atoms with E-state index in [1.807, 2.05) is 30.3 Å². The Balaban J connectivity index is 1.94. The van der Waals surface area contributed by atoms with E-state index in [0.29, 0.717) is 0 Å². The smallest absolute Gasteiger partial charge is 0.303 e. The molecule has 1 amide bonds. The van der Waals surface area contributed by atoms with Crippen molar-refractivity contribution in [2.24, 2.45) is 5.92 Å². The van der Waals surface area contributed by atoms with E-state index in [-0.39, 0.29) is 13.2 Å². The van der Waals surface area contributed by atoms with Crippen LogP contribution in [0.3, 0.4) is 0 Å². The SMILES string of the molecule is CC(=O)NC1[C@H](OCc2ccccc2)OC(CO)[C@@H](O)[C@@H]1O[C@@H]1OC(COC(C)=O)[C@H](OC(C)=O)[C@H](C)C1OC(C)=O. The second-order valence-electron chi connectivity index (χ2n) is 10.2. The Morgan fingerprint density at radius 1 is 0.857 bits per heavy atom. The van der Waals surface area contributed by atoms with Crippen LogP contribution in [0.5, 0.6) is 0 Å². The van der Waals surface area contributed by atoms with Gasteiger partial charge in [0.15, 0.2) is 18.7 Å². The van der Waals surface area contributed by atoms with Gasteiger partial charge < -0.3 is 48.7 Å². The van der Waals surface area contributed by atoms with Gasteiger partial charge in [-0.15, -0.1) is 0 Å². The quantitative estimate of drug-likeness (QED) is 0.228. The maximum atomic E-state index is 12.2. The van der Waals surface area contributed by atoms with Crippen LogP contribution in [0.4, 0.5) is 0 Å². The van der Waals surface area contributed by atoms with Crippen molar-refractivity contribution in [1.82, 2.24) is 5.32 Å². The Morgan fingerprint density at radius 3 is 2.05 bits per heavy atom. The number of nitrogens with one attached hydrogen (secondary N) is 1. The monoisotopic (exact) mass is 597 g/mol. The third-order valence-corrected chi connectivity index (χ3v) is 6.81. The molecule has 2 aliphatic heterocycles. The summed E-state index contributed by atoms with van der Waals surface area (Å²) in [4.78, 5) is 47.7. The Hall–Kier alpha value is -3.14. The zero-order valence-corrected chi connectivity index (χ0v) is 24.2. The highest BCUT2D eigenvalue weighted by Gasteiger charge is 2.53. The van der Waals surface area contributed by atoms with Gasteiger partial charge in [-0.2, -0.15) is 0 Å². The van der Waals surface area contributed by atoms with E-state index in [2.05, 4.69) is 5.32 Å². The fourth-order valence-corrected chi connectivity index (χ4v) is 4.94. The van der Waals surface area contributed by atoms with Crippen LogP contribution in [0.2, 0.25) is 0 Å². The van der Waals surface area contributed by atoms with Crippen LogP contribution in [0.25, 0.3) is 0 Å². The summed E-state index contributed by atoms with van der Waals surface area (Å²) in [7, 11) is 0. The minimum absolute atomic E-state index is 0.0735. The zero-order chi connectivity index (χ0) is 31.0. The van der Waals surface area contributed by atoms with E-state index in [1.165, 1.54) is 27.7 Å². The van der Waals surface area contributed by atoms with Gasteiger partial charge in [0.1, 0.15) is 43.2 Å². The lowest BCUT2D eigenvalue weighted by Gasteiger charge is -2.48. The first-order chi connectivity index (χ1) is 19.9. The topological polar surface area (TPSA) is 185 Å². The average molecular weight is 598 g/mol. The third kappa shape index (κ3) is 8.93. The van der Waals surface area contributed by atoms with E-state index in [9.17, 15) is 29.4 Å². The molecular formula is C28H39NO13. The molecule has 14 heteroatoms. The molecular weight excluding hydrogens is 558 g/mol. The van der Waals surface area contributed by atoms with E-state index in [4.69, 9.17) is 33.2 Å². The molecule has 0 spiro atoms. The molecule has 42 heavy (non-hydrogen) atoms. The van der Waals surface area contributed by atoms with Crippen molar-refractivity contribution in [3.63, 3.8) is 0 Å². The van der Waals surface area contributed by atoms with Gasteiger partial charge in [0.25, 0.3) is 0 Å². The molecule has 14 nitrogen and oxygen atoms in total. The van der Waals surface area contributed by atoms with Crippen LogP contribution >= 0.6 is 0 Å². The predicted octanol–water partition coefficient (Wildman–Crippen LogP) is -0.0413. The van der Waals surface area contributed by atoms with Crippen LogP contribution in [-0.2, 0) is 58.9 Å². The van der Waals surface area contributed by atoms with Gasteiger partial charge in [-0.25, -0.2) is 0 Å². The van der Waals surface area contributed by atoms with Gasteiger partial charge in [0, 0.05) is 33.6 Å². The predicted molar refractivity (Wildman–Crippen MR) is 141 cm³/mol. The van der Waals surface area contributed by atoms with Crippen LogP contribution in [0, 0.1) is 5.92 Å². The highest BCUT2D eigenvalue weighted by molar-refractivity contribution is 5.73. The number of esters is 3. The molecule has 2 saturated heterocycles. The van der Waals surface area contributed by atoms with Crippen molar-refractivity contribution in [3.8, 4) is 0 Å². The zero-order valence-electron chi connectivity index (χ0n) is 24.2. The number of rotatable bonds is 11. The summed E-state index contributed by atoms with van der Waals surface area (Å²) in [5, 5.41) is 23.8. The van der Waals surface area contributed by atoms with E-state index >= 15 is 0 Å². The van der Waals surface area contributed by atoms with Crippen molar-refractivity contribution in [3.05, 3.63) is 35.9 Å². The minimum atomic E-state index is -1.50. The summed E-state index contributed by atoms with van der Waals surface area (Å²) in [5.41, 5.74) is 0.802. The molecule has 1 aromatic rings. The lowest BCUT2D eigenvalue weighted by Crippen LogP contribution is -2.67. The van der Waals surface area contributed by atoms with E-state index in [0.717, 1.165) is 5.56 Å². The molecule has 0 aromatic heterocycles. The Labute approximate surface area is 243 Å². The number of ether oxygens (including phenoxy) is 7. The Kier molecular flexibility index (Phi) is 12.2. The first kappa shape index (κ1) is 33.4. The minimum Gasteiger partial charge on any atom is -0.463 e. The number of benzene rings is 1. The molecule has 234 valence electrons. The Morgan fingerprint density at radius 2 is 1.48 bits per heavy atom. The fourth-order valence-electron chi connectivity index (χ4n) is 4.94. The third-order valence-electron chi connectivity index (χ3n) is 6.81. The van der Waals surface area contributed by atoms with Gasteiger partial charge in [0.05, 0.1) is 13.2 Å². The van der Waals surface area contributed by atoms with Crippen molar-refractivity contribution in [1.29, 1.82) is 0 Å². The summed E-state index contributed by atoms with van der Waals surface area (Å²) in [6, 6.07) is 8.03. The van der Waals surface area contributed by atoms with Crippen molar-refractivity contribution >= 4 is 23.8 Å². The summed E-state index contributed by atoms with van der Waals surface area (Å²) in [6.07, 6.45) is -9.78. The maximum absolute atomic E-state index is 12.2. The first-order valence-electron chi connectivity index (χ1n) is 13.6. The molecule has 0 radical (unpaired) electrons. The second-order valence-corrected chi connectivity index (χ2v) is 10.2. The number of carbonyl (C=O) groups is 4. The van der Waals surface area contributed by atoms with Gasteiger partial charge in [0.2, 0.25) is 5.91 Å². The molecule has 1 aromatic carbocycles. The molecule has 2 heterocycles. The molecule has 4 unspecified atom stereocenters. The number of hydrogen-bond acceptors (Lipinski definition) is 13. The molecule has 2 aliphatic rings. The Bertz CT molecular complexity index is 1070. The summed E-state index contributed by atoms with van der Waals surface area (Å²) < 4.78 is 40.1. The van der Waals surface area contributed by atoms with Crippen molar-refractivity contribution < 1.29 is 62.5 Å². The van der Waals surface area contributed by atoms with Crippen LogP contribution < -0.4 is 5.32 Å². The van der Waals surface area contributed by atoms with Gasteiger partial charge in [-0.3, -0.25) is 19.2 Å². The van der Waals surface area contributed by atoms with Crippen molar-refractivity contribution in [2.75, 3.05) is 13.2 Å². The lowest BCUT2D eigenvalue weighted by atomic mass is 9.89. The second kappa shape index (κ2) is 15.4. The average Bonchev–Trinajstić information content (AvgIpc) is 2.92. The highest BCUT2D eigenvalue weighted by atomic mass is 16.7. The summed E-state index contributed by atoms with van der Waals surface area (Å²) in [5.74, 6) is -3.15. The van der Waals surface area contributed by atoms with Gasteiger partial charge in [-0.1, -0.05) is 37.3 Å². The molecule has 2 fully saturated rings. The van der Waals surface area contributed by atoms with Crippen LogP contribution in [-0.4, -0.2) is 102 Å². The van der Waals surface area contributed by atoms with Crippen molar-refractivity contribution in [2.45, 2.75) is 96.5 Å². The molecule has 0 aliphatic carbocycles. The number of hydrogen-bond donors (Lipinski definition) is 3. The molecule has 0 bridgehead atoms.